The highest BCUT2D eigenvalue weighted by Crippen LogP contribution is 2.49. The van der Waals surface area contributed by atoms with Crippen LogP contribution in [0.15, 0.2) is 45.3 Å². The fourth-order valence-corrected chi connectivity index (χ4v) is 7.24. The summed E-state index contributed by atoms with van der Waals surface area (Å²) in [6.45, 7) is 5.27. The molecule has 1 saturated carbocycles. The number of fused-ring (bicyclic) bond motifs is 1. The maximum absolute atomic E-state index is 16.5. The topological polar surface area (TPSA) is 173 Å². The molecule has 1 saturated heterocycles. The summed E-state index contributed by atoms with van der Waals surface area (Å²) in [5.74, 6) is -2.94. The SMILES string of the molecule is CCOC1=NC(C)=NC2C1N=CN2[C@@H]1O[C@](F)(COP(=O)(NC(C)C(=O)OC2CCCCC2)Oc2ccccc2)[C@@H](O)[C@@]1(C)O. The molecule has 4 aliphatic rings. The standard InChI is InChI=1S/C29H41FN5O9P/c1-5-40-24-22-23(32-19(3)33-24)35(17-31-22)27-28(4,38)26(37)29(30,43-27)16-41-45(39,44-21-14-10-7-11-15-21)34-18(2)25(36)42-20-12-8-6-9-13-20/h7,10-11,14-15,17-18,20,22-23,26-27,37-38H,5-6,8-9,12-13,16H2,1-4H3,(H,34,39)/t18?,22?,23?,26-,27+,28+,29+,45?/m0/s1. The van der Waals surface area contributed by atoms with Gasteiger partial charge in [0.1, 0.15) is 42.0 Å². The van der Waals surface area contributed by atoms with Crippen molar-refractivity contribution in [1.29, 1.82) is 0 Å². The number of benzene rings is 1. The first-order valence-corrected chi connectivity index (χ1v) is 16.7. The van der Waals surface area contributed by atoms with Gasteiger partial charge in [0.2, 0.25) is 5.90 Å². The van der Waals surface area contributed by atoms with Crippen molar-refractivity contribution in [2.24, 2.45) is 15.0 Å². The van der Waals surface area contributed by atoms with Crippen LogP contribution in [-0.4, -0.2) is 101 Å². The number of alkyl halides is 1. The molecule has 8 atom stereocenters. The minimum absolute atomic E-state index is 0.114. The highest BCUT2D eigenvalue weighted by Gasteiger charge is 2.66. The number of para-hydroxylation sites is 1. The lowest BCUT2D eigenvalue weighted by atomic mass is 9.94. The first-order chi connectivity index (χ1) is 21.3. The number of nitrogens with zero attached hydrogens (tertiary/aromatic N) is 4. The molecule has 0 amide bonds. The largest absolute Gasteiger partial charge is 0.479 e. The maximum atomic E-state index is 16.5. The molecule has 248 valence electrons. The van der Waals surface area contributed by atoms with Crippen molar-refractivity contribution in [1.82, 2.24) is 9.99 Å². The second-order valence-electron chi connectivity index (χ2n) is 11.7. The van der Waals surface area contributed by atoms with Gasteiger partial charge in [-0.25, -0.2) is 18.9 Å². The quantitative estimate of drug-likeness (QED) is 0.237. The zero-order chi connectivity index (χ0) is 32.4. The smallest absolute Gasteiger partial charge is 0.459 e. The average molecular weight is 654 g/mol. The van der Waals surface area contributed by atoms with Crippen LogP contribution < -0.4 is 9.61 Å². The second-order valence-corrected chi connectivity index (χ2v) is 13.4. The van der Waals surface area contributed by atoms with Crippen LogP contribution in [0.5, 0.6) is 5.75 Å². The van der Waals surface area contributed by atoms with Crippen LogP contribution in [0.25, 0.3) is 0 Å². The predicted molar refractivity (Wildman–Crippen MR) is 162 cm³/mol. The van der Waals surface area contributed by atoms with E-state index in [1.54, 1.807) is 32.0 Å². The molecule has 1 aliphatic carbocycles. The number of ether oxygens (including phenoxy) is 3. The summed E-state index contributed by atoms with van der Waals surface area (Å²) < 4.78 is 58.4. The minimum Gasteiger partial charge on any atom is -0.479 e. The minimum atomic E-state index is -4.52. The molecule has 0 bridgehead atoms. The molecule has 16 heteroatoms. The number of nitrogens with one attached hydrogen (secondary N) is 1. The lowest BCUT2D eigenvalue weighted by molar-refractivity contribution is -0.208. The summed E-state index contributed by atoms with van der Waals surface area (Å²) in [7, 11) is -4.52. The van der Waals surface area contributed by atoms with E-state index in [4.69, 9.17) is 23.3 Å². The Hall–Kier alpha value is -2.94. The van der Waals surface area contributed by atoms with Crippen LogP contribution in [0.2, 0.25) is 0 Å². The molecule has 0 radical (unpaired) electrons. The van der Waals surface area contributed by atoms with Crippen LogP contribution in [0.4, 0.5) is 4.39 Å². The van der Waals surface area contributed by atoms with Gasteiger partial charge in [0, 0.05) is 0 Å². The molecule has 0 aromatic heterocycles. The Morgan fingerprint density at radius 1 is 1.27 bits per heavy atom. The summed E-state index contributed by atoms with van der Waals surface area (Å²) in [5.41, 5.74) is -2.21. The van der Waals surface area contributed by atoms with Gasteiger partial charge >= 0.3 is 13.7 Å². The second kappa shape index (κ2) is 13.4. The van der Waals surface area contributed by atoms with E-state index in [-0.39, 0.29) is 11.9 Å². The van der Waals surface area contributed by atoms with Crippen molar-refractivity contribution < 1.29 is 47.2 Å². The summed E-state index contributed by atoms with van der Waals surface area (Å²) in [4.78, 5) is 27.4. The van der Waals surface area contributed by atoms with Gasteiger partial charge in [-0.2, -0.15) is 5.09 Å². The third kappa shape index (κ3) is 7.23. The highest BCUT2D eigenvalue weighted by molar-refractivity contribution is 7.52. The number of hydrogen-bond donors (Lipinski definition) is 3. The fraction of sp³-hybridized carbons (Fsp3) is 0.655. The fourth-order valence-electron chi connectivity index (χ4n) is 5.74. The first kappa shape index (κ1) is 33.4. The van der Waals surface area contributed by atoms with E-state index < -0.39 is 62.4 Å². The van der Waals surface area contributed by atoms with Gasteiger partial charge in [-0.1, -0.05) is 24.6 Å². The molecule has 0 spiro atoms. The molecule has 14 nitrogen and oxygen atoms in total. The molecule has 45 heavy (non-hydrogen) atoms. The van der Waals surface area contributed by atoms with Crippen molar-refractivity contribution in [2.45, 2.75) is 108 Å². The Morgan fingerprint density at radius 2 is 1.98 bits per heavy atom. The summed E-state index contributed by atoms with van der Waals surface area (Å²) in [5, 5.41) is 24.9. The van der Waals surface area contributed by atoms with Gasteiger partial charge < -0.3 is 33.8 Å². The molecule has 3 heterocycles. The zero-order valence-corrected chi connectivity index (χ0v) is 26.6. The van der Waals surface area contributed by atoms with Gasteiger partial charge in [-0.05, 0) is 65.5 Å². The molecule has 2 fully saturated rings. The Morgan fingerprint density at radius 3 is 2.67 bits per heavy atom. The molecule has 5 rings (SSSR count). The molecule has 3 N–H and O–H groups in total. The Labute approximate surface area is 261 Å². The van der Waals surface area contributed by atoms with Gasteiger partial charge in [0.15, 0.2) is 18.4 Å². The number of halogens is 1. The van der Waals surface area contributed by atoms with E-state index in [2.05, 4.69) is 20.1 Å². The number of aliphatic imine (C=N–C) groups is 3. The normalized spacial score (nSPS) is 33.5. The van der Waals surface area contributed by atoms with Crippen molar-refractivity contribution in [3.63, 3.8) is 0 Å². The third-order valence-corrected chi connectivity index (χ3v) is 9.69. The Kier molecular flexibility index (Phi) is 9.97. The molecular formula is C29H41FN5O9P. The van der Waals surface area contributed by atoms with Gasteiger partial charge in [0.25, 0.3) is 5.85 Å². The van der Waals surface area contributed by atoms with Gasteiger partial charge in [-0.15, -0.1) is 0 Å². The highest BCUT2D eigenvalue weighted by atomic mass is 31.2. The van der Waals surface area contributed by atoms with Crippen molar-refractivity contribution >= 4 is 31.8 Å². The number of aliphatic hydroxyl groups is 2. The average Bonchev–Trinajstić information content (AvgIpc) is 3.50. The van der Waals surface area contributed by atoms with Gasteiger partial charge in [0.05, 0.1) is 12.9 Å². The number of aliphatic hydroxyl groups excluding tert-OH is 1. The summed E-state index contributed by atoms with van der Waals surface area (Å²) in [6.07, 6.45) is 1.07. The monoisotopic (exact) mass is 653 g/mol. The number of rotatable bonds is 11. The molecular weight excluding hydrogens is 612 g/mol. The summed E-state index contributed by atoms with van der Waals surface area (Å²) >= 11 is 0. The first-order valence-electron chi connectivity index (χ1n) is 15.2. The van der Waals surface area contributed by atoms with Crippen LogP contribution in [0.3, 0.4) is 0 Å². The van der Waals surface area contributed by atoms with Crippen molar-refractivity contribution in [2.75, 3.05) is 13.2 Å². The van der Waals surface area contributed by atoms with Gasteiger partial charge in [-0.3, -0.25) is 14.3 Å². The van der Waals surface area contributed by atoms with E-state index in [0.29, 0.717) is 18.3 Å². The van der Waals surface area contributed by atoms with Crippen LogP contribution in [-0.2, 0) is 28.1 Å². The van der Waals surface area contributed by atoms with Crippen LogP contribution in [0, 0.1) is 0 Å². The number of hydrogen-bond acceptors (Lipinski definition) is 13. The Bertz CT molecular complexity index is 1360. The van der Waals surface area contributed by atoms with E-state index in [1.165, 1.54) is 37.2 Å². The lowest BCUT2D eigenvalue weighted by Crippen LogP contribution is -2.56. The zero-order valence-electron chi connectivity index (χ0n) is 25.7. The van der Waals surface area contributed by atoms with E-state index in [9.17, 15) is 19.6 Å². The molecule has 3 aliphatic heterocycles. The van der Waals surface area contributed by atoms with E-state index in [1.807, 2.05) is 0 Å². The van der Waals surface area contributed by atoms with E-state index in [0.717, 1.165) is 32.1 Å². The number of carbonyl (C=O) groups is 1. The molecule has 1 aromatic rings. The number of carbonyl (C=O) groups excluding carboxylic acids is 1. The van der Waals surface area contributed by atoms with Crippen LogP contribution in [0.1, 0.15) is 59.8 Å². The van der Waals surface area contributed by atoms with Crippen molar-refractivity contribution in [3.8, 4) is 5.75 Å². The number of amidine groups is 1. The van der Waals surface area contributed by atoms with Crippen molar-refractivity contribution in [3.05, 3.63) is 30.3 Å². The predicted octanol–water partition coefficient (Wildman–Crippen LogP) is 3.08. The van der Waals surface area contributed by atoms with E-state index >= 15 is 4.39 Å². The molecule has 4 unspecified atom stereocenters. The lowest BCUT2D eigenvalue weighted by Gasteiger charge is -2.36. The number of esters is 1. The van der Waals surface area contributed by atoms with Crippen LogP contribution >= 0.6 is 7.75 Å². The summed E-state index contributed by atoms with van der Waals surface area (Å²) in [6, 6.07) is 6.15. The third-order valence-electron chi connectivity index (χ3n) is 8.07. The maximum Gasteiger partial charge on any atom is 0.459 e. The Balaban J connectivity index is 1.31. The molecule has 1 aromatic carbocycles.